The van der Waals surface area contributed by atoms with Gasteiger partial charge in [-0.25, -0.2) is 0 Å². The second-order valence-corrected chi connectivity index (χ2v) is 3.40. The molecular formula is C9H16N2O2. The molecule has 0 aliphatic carbocycles. The van der Waals surface area contributed by atoms with Crippen molar-refractivity contribution in [3.63, 3.8) is 0 Å². The Hall–Kier alpha value is -0.870. The Morgan fingerprint density at radius 2 is 2.38 bits per heavy atom. The molecule has 1 fully saturated rings. The molecule has 0 aromatic heterocycles. The zero-order valence-corrected chi connectivity index (χ0v) is 7.94. The summed E-state index contributed by atoms with van der Waals surface area (Å²) in [6.45, 7) is 6.61. The van der Waals surface area contributed by atoms with Gasteiger partial charge in [-0.15, -0.1) is 6.58 Å². The maximum atomic E-state index is 10.9. The molecule has 4 nitrogen and oxygen atoms in total. The van der Waals surface area contributed by atoms with Gasteiger partial charge in [0.25, 0.3) is 0 Å². The van der Waals surface area contributed by atoms with Gasteiger partial charge in [-0.2, -0.15) is 0 Å². The van der Waals surface area contributed by atoms with Gasteiger partial charge in [-0.05, 0) is 7.05 Å². The number of carboxylic acid groups (broad SMARTS) is 1. The maximum absolute atomic E-state index is 10.9. The fourth-order valence-corrected chi connectivity index (χ4v) is 1.58. The molecule has 13 heavy (non-hydrogen) atoms. The third-order valence-electron chi connectivity index (χ3n) is 2.34. The third kappa shape index (κ3) is 2.54. The van der Waals surface area contributed by atoms with Crippen molar-refractivity contribution in [3.05, 3.63) is 12.7 Å². The monoisotopic (exact) mass is 184 g/mol. The van der Waals surface area contributed by atoms with Gasteiger partial charge >= 0.3 is 5.97 Å². The lowest BCUT2D eigenvalue weighted by molar-refractivity contribution is -0.145. The van der Waals surface area contributed by atoms with Crippen molar-refractivity contribution in [2.45, 2.75) is 6.04 Å². The molecule has 0 amide bonds. The molecular weight excluding hydrogens is 168 g/mol. The Morgan fingerprint density at radius 3 is 2.92 bits per heavy atom. The minimum absolute atomic E-state index is 0.378. The van der Waals surface area contributed by atoms with Gasteiger partial charge < -0.3 is 10.0 Å². The molecule has 1 heterocycles. The summed E-state index contributed by atoms with van der Waals surface area (Å²) in [6, 6.07) is -0.378. The van der Waals surface area contributed by atoms with Gasteiger partial charge in [0.2, 0.25) is 0 Å². The summed E-state index contributed by atoms with van der Waals surface area (Å²) in [4.78, 5) is 14.9. The molecule has 74 valence electrons. The van der Waals surface area contributed by atoms with Crippen LogP contribution in [0.1, 0.15) is 0 Å². The molecule has 1 saturated heterocycles. The van der Waals surface area contributed by atoms with Crippen molar-refractivity contribution in [2.75, 3.05) is 33.2 Å². The molecule has 0 saturated carbocycles. The average molecular weight is 184 g/mol. The van der Waals surface area contributed by atoms with E-state index < -0.39 is 5.97 Å². The van der Waals surface area contributed by atoms with Crippen LogP contribution >= 0.6 is 0 Å². The van der Waals surface area contributed by atoms with E-state index in [2.05, 4.69) is 6.58 Å². The Labute approximate surface area is 78.4 Å². The van der Waals surface area contributed by atoms with E-state index in [1.165, 1.54) is 0 Å². The van der Waals surface area contributed by atoms with Gasteiger partial charge in [-0.1, -0.05) is 6.08 Å². The number of hydrogen-bond donors (Lipinski definition) is 1. The lowest BCUT2D eigenvalue weighted by Gasteiger charge is -2.36. The van der Waals surface area contributed by atoms with Crippen LogP contribution in [0.15, 0.2) is 12.7 Å². The van der Waals surface area contributed by atoms with Crippen molar-refractivity contribution < 1.29 is 9.90 Å². The molecule has 1 N–H and O–H groups in total. The number of rotatable bonds is 3. The Kier molecular flexibility index (Phi) is 3.45. The van der Waals surface area contributed by atoms with Crippen LogP contribution in [-0.2, 0) is 4.79 Å². The minimum atomic E-state index is -0.742. The topological polar surface area (TPSA) is 43.8 Å². The molecule has 0 bridgehead atoms. The summed E-state index contributed by atoms with van der Waals surface area (Å²) in [5.74, 6) is -0.742. The highest BCUT2D eigenvalue weighted by atomic mass is 16.4. The summed E-state index contributed by atoms with van der Waals surface area (Å²) >= 11 is 0. The zero-order chi connectivity index (χ0) is 9.84. The SMILES string of the molecule is C=CCN1CCN(C)CC1C(=O)O. The number of likely N-dealkylation sites (N-methyl/N-ethyl adjacent to an activating group) is 1. The highest BCUT2D eigenvalue weighted by Crippen LogP contribution is 2.08. The van der Waals surface area contributed by atoms with E-state index in [1.54, 1.807) is 6.08 Å². The summed E-state index contributed by atoms with van der Waals surface area (Å²) < 4.78 is 0. The second-order valence-electron chi connectivity index (χ2n) is 3.40. The largest absolute Gasteiger partial charge is 0.480 e. The van der Waals surface area contributed by atoms with Crippen LogP contribution in [0.25, 0.3) is 0 Å². The molecule has 1 aliphatic rings. The first-order valence-electron chi connectivity index (χ1n) is 4.41. The van der Waals surface area contributed by atoms with Crippen LogP contribution in [0.3, 0.4) is 0 Å². The highest BCUT2D eigenvalue weighted by molar-refractivity contribution is 5.74. The van der Waals surface area contributed by atoms with Crippen LogP contribution in [0.4, 0.5) is 0 Å². The molecule has 1 atom stereocenters. The van der Waals surface area contributed by atoms with Crippen LogP contribution in [-0.4, -0.2) is 60.1 Å². The zero-order valence-electron chi connectivity index (χ0n) is 7.94. The summed E-state index contributed by atoms with van der Waals surface area (Å²) in [6.07, 6.45) is 1.75. The fourth-order valence-electron chi connectivity index (χ4n) is 1.58. The number of aliphatic carboxylic acids is 1. The number of hydrogen-bond acceptors (Lipinski definition) is 3. The predicted molar refractivity (Wildman–Crippen MR) is 50.7 cm³/mol. The van der Waals surface area contributed by atoms with E-state index in [0.717, 1.165) is 13.1 Å². The van der Waals surface area contributed by atoms with E-state index in [-0.39, 0.29) is 6.04 Å². The molecule has 1 unspecified atom stereocenters. The maximum Gasteiger partial charge on any atom is 0.322 e. The van der Waals surface area contributed by atoms with Crippen molar-refractivity contribution in [1.29, 1.82) is 0 Å². The second kappa shape index (κ2) is 4.39. The van der Waals surface area contributed by atoms with Crippen LogP contribution in [0, 0.1) is 0 Å². The van der Waals surface area contributed by atoms with Crippen molar-refractivity contribution in [1.82, 2.24) is 9.80 Å². The average Bonchev–Trinajstić information content (AvgIpc) is 2.08. The van der Waals surface area contributed by atoms with Crippen LogP contribution in [0.5, 0.6) is 0 Å². The van der Waals surface area contributed by atoms with Crippen molar-refractivity contribution >= 4 is 5.97 Å². The minimum Gasteiger partial charge on any atom is -0.480 e. The van der Waals surface area contributed by atoms with E-state index in [9.17, 15) is 4.79 Å². The first-order chi connectivity index (χ1) is 6.15. The highest BCUT2D eigenvalue weighted by Gasteiger charge is 2.29. The summed E-state index contributed by atoms with van der Waals surface area (Å²) in [5, 5.41) is 8.95. The van der Waals surface area contributed by atoms with Crippen LogP contribution < -0.4 is 0 Å². The fraction of sp³-hybridized carbons (Fsp3) is 0.667. The van der Waals surface area contributed by atoms with E-state index in [4.69, 9.17) is 5.11 Å². The quantitative estimate of drug-likeness (QED) is 0.621. The molecule has 0 spiro atoms. The first kappa shape index (κ1) is 10.2. The van der Waals surface area contributed by atoms with Gasteiger partial charge in [0.15, 0.2) is 0 Å². The van der Waals surface area contributed by atoms with Gasteiger partial charge in [-0.3, -0.25) is 9.69 Å². The number of piperazine rings is 1. The molecule has 1 aliphatic heterocycles. The Balaban J connectivity index is 2.60. The molecule has 0 radical (unpaired) electrons. The molecule has 0 aromatic rings. The van der Waals surface area contributed by atoms with Crippen molar-refractivity contribution in [2.24, 2.45) is 0 Å². The standard InChI is InChI=1S/C9H16N2O2/c1-3-4-11-6-5-10(2)7-8(11)9(12)13/h3,8H,1,4-7H2,2H3,(H,12,13). The Bertz CT molecular complexity index is 206. The molecule has 4 heteroatoms. The lowest BCUT2D eigenvalue weighted by Crippen LogP contribution is -2.55. The Morgan fingerprint density at radius 1 is 1.69 bits per heavy atom. The molecule has 0 aromatic carbocycles. The number of nitrogens with zero attached hydrogens (tertiary/aromatic N) is 2. The van der Waals surface area contributed by atoms with E-state index >= 15 is 0 Å². The van der Waals surface area contributed by atoms with Crippen molar-refractivity contribution in [3.8, 4) is 0 Å². The van der Waals surface area contributed by atoms with E-state index in [0.29, 0.717) is 13.1 Å². The van der Waals surface area contributed by atoms with E-state index in [1.807, 2.05) is 16.8 Å². The predicted octanol–water partition coefficient (Wildman–Crippen LogP) is -0.127. The number of carbonyl (C=O) groups is 1. The van der Waals surface area contributed by atoms with Gasteiger partial charge in [0, 0.05) is 26.2 Å². The third-order valence-corrected chi connectivity index (χ3v) is 2.34. The molecule has 1 rings (SSSR count). The van der Waals surface area contributed by atoms with Crippen LogP contribution in [0.2, 0.25) is 0 Å². The number of carboxylic acids is 1. The smallest absolute Gasteiger partial charge is 0.322 e. The summed E-state index contributed by atoms with van der Waals surface area (Å²) in [7, 11) is 1.95. The van der Waals surface area contributed by atoms with Gasteiger partial charge in [0.05, 0.1) is 0 Å². The normalized spacial score (nSPS) is 25.8. The lowest BCUT2D eigenvalue weighted by atomic mass is 10.2. The summed E-state index contributed by atoms with van der Waals surface area (Å²) in [5.41, 5.74) is 0. The van der Waals surface area contributed by atoms with Gasteiger partial charge in [0.1, 0.15) is 6.04 Å². The first-order valence-corrected chi connectivity index (χ1v) is 4.41.